The summed E-state index contributed by atoms with van der Waals surface area (Å²) in [5, 5.41) is 9.92. The summed E-state index contributed by atoms with van der Waals surface area (Å²) in [5.74, 6) is -0.0678. The second kappa shape index (κ2) is 4.70. The van der Waals surface area contributed by atoms with Crippen LogP contribution in [0.1, 0.15) is 17.0 Å². The van der Waals surface area contributed by atoms with Crippen LogP contribution in [0.15, 0.2) is 45.7 Å². The summed E-state index contributed by atoms with van der Waals surface area (Å²) in [6, 6.07) is 8.81. The second-order valence-corrected chi connectivity index (χ2v) is 4.47. The molecule has 0 amide bonds. The SMILES string of the molecule is Cc1ccc2oc(=O)c(/C=C(\O)c3ccc[nH]3)nc2c1. The van der Waals surface area contributed by atoms with Crippen LogP contribution in [0.2, 0.25) is 0 Å². The monoisotopic (exact) mass is 268 g/mol. The van der Waals surface area contributed by atoms with Gasteiger partial charge in [0.1, 0.15) is 11.3 Å². The van der Waals surface area contributed by atoms with Gasteiger partial charge < -0.3 is 14.5 Å². The van der Waals surface area contributed by atoms with Gasteiger partial charge in [0, 0.05) is 12.3 Å². The van der Waals surface area contributed by atoms with Crippen LogP contribution < -0.4 is 5.63 Å². The molecule has 2 heterocycles. The summed E-state index contributed by atoms with van der Waals surface area (Å²) in [6.07, 6.45) is 2.97. The zero-order chi connectivity index (χ0) is 14.1. The second-order valence-electron chi connectivity index (χ2n) is 4.47. The van der Waals surface area contributed by atoms with E-state index in [2.05, 4.69) is 9.97 Å². The highest BCUT2D eigenvalue weighted by Gasteiger charge is 2.08. The predicted molar refractivity (Wildman–Crippen MR) is 76.3 cm³/mol. The van der Waals surface area contributed by atoms with Crippen LogP contribution in [0.5, 0.6) is 0 Å². The maximum atomic E-state index is 11.8. The number of aryl methyl sites for hydroxylation is 1. The third kappa shape index (κ3) is 2.21. The van der Waals surface area contributed by atoms with Gasteiger partial charge in [-0.2, -0.15) is 0 Å². The van der Waals surface area contributed by atoms with Gasteiger partial charge in [0.25, 0.3) is 0 Å². The van der Waals surface area contributed by atoms with Crippen LogP contribution in [-0.4, -0.2) is 15.1 Å². The van der Waals surface area contributed by atoms with Gasteiger partial charge in [-0.05, 0) is 36.8 Å². The molecule has 1 aromatic carbocycles. The van der Waals surface area contributed by atoms with E-state index in [1.807, 2.05) is 19.1 Å². The Bertz CT molecular complexity index is 845. The minimum atomic E-state index is -0.584. The zero-order valence-electron chi connectivity index (χ0n) is 10.8. The molecule has 2 aromatic heterocycles. The van der Waals surface area contributed by atoms with E-state index < -0.39 is 5.63 Å². The first kappa shape index (κ1) is 12.2. The third-order valence-corrected chi connectivity index (χ3v) is 2.91. The largest absolute Gasteiger partial charge is 0.506 e. The molecule has 0 spiro atoms. The minimum Gasteiger partial charge on any atom is -0.506 e. The summed E-state index contributed by atoms with van der Waals surface area (Å²) >= 11 is 0. The number of nitrogens with one attached hydrogen (secondary N) is 1. The van der Waals surface area contributed by atoms with Crippen molar-refractivity contribution in [3.8, 4) is 0 Å². The lowest BCUT2D eigenvalue weighted by molar-refractivity contribution is 0.511. The zero-order valence-corrected chi connectivity index (χ0v) is 10.8. The summed E-state index contributed by atoms with van der Waals surface area (Å²) in [6.45, 7) is 1.93. The molecule has 0 aliphatic carbocycles. The number of aliphatic hydroxyl groups excluding tert-OH is 1. The van der Waals surface area contributed by atoms with Gasteiger partial charge in [0.2, 0.25) is 0 Å². The Labute approximate surface area is 114 Å². The molecule has 0 radical (unpaired) electrons. The number of aromatic nitrogens is 2. The van der Waals surface area contributed by atoms with Crippen LogP contribution >= 0.6 is 0 Å². The molecule has 5 nitrogen and oxygen atoms in total. The predicted octanol–water partition coefficient (Wildman–Crippen LogP) is 2.88. The van der Waals surface area contributed by atoms with E-state index in [1.165, 1.54) is 6.08 Å². The van der Waals surface area contributed by atoms with Crippen molar-refractivity contribution >= 4 is 22.9 Å². The molecule has 0 aliphatic heterocycles. The molecule has 100 valence electrons. The van der Waals surface area contributed by atoms with E-state index >= 15 is 0 Å². The van der Waals surface area contributed by atoms with Crippen LogP contribution in [0.4, 0.5) is 0 Å². The smallest absolute Gasteiger partial charge is 0.362 e. The van der Waals surface area contributed by atoms with E-state index in [-0.39, 0.29) is 11.5 Å². The van der Waals surface area contributed by atoms with Crippen molar-refractivity contribution in [2.45, 2.75) is 6.92 Å². The Morgan fingerprint density at radius 3 is 3.00 bits per heavy atom. The van der Waals surface area contributed by atoms with Gasteiger partial charge in [-0.3, -0.25) is 0 Å². The summed E-state index contributed by atoms with van der Waals surface area (Å²) < 4.78 is 5.18. The number of rotatable bonds is 2. The van der Waals surface area contributed by atoms with E-state index in [0.29, 0.717) is 16.8 Å². The van der Waals surface area contributed by atoms with Crippen molar-refractivity contribution in [2.24, 2.45) is 0 Å². The fourth-order valence-corrected chi connectivity index (χ4v) is 1.92. The first-order valence-electron chi connectivity index (χ1n) is 6.09. The van der Waals surface area contributed by atoms with E-state index in [9.17, 15) is 9.90 Å². The Morgan fingerprint density at radius 1 is 1.40 bits per heavy atom. The number of hydrogen-bond acceptors (Lipinski definition) is 4. The van der Waals surface area contributed by atoms with Gasteiger partial charge >= 0.3 is 5.63 Å². The highest BCUT2D eigenvalue weighted by atomic mass is 16.4. The number of nitrogens with zero attached hydrogens (tertiary/aromatic N) is 1. The standard InChI is InChI=1S/C15H12N2O3/c1-9-4-5-14-11(7-9)17-12(15(19)20-14)8-13(18)10-3-2-6-16-10/h2-8,16,18H,1H3/b13-8-. The molecule has 0 aliphatic rings. The fourth-order valence-electron chi connectivity index (χ4n) is 1.92. The van der Waals surface area contributed by atoms with Crippen molar-refractivity contribution in [1.29, 1.82) is 0 Å². The maximum Gasteiger partial charge on any atom is 0.362 e. The Hall–Kier alpha value is -2.82. The van der Waals surface area contributed by atoms with Crippen LogP contribution in [0, 0.1) is 6.92 Å². The number of aliphatic hydroxyl groups is 1. The van der Waals surface area contributed by atoms with Crippen molar-refractivity contribution in [1.82, 2.24) is 9.97 Å². The molecule has 0 saturated heterocycles. The molecule has 0 bridgehead atoms. The Kier molecular flexibility index (Phi) is 2.87. The van der Waals surface area contributed by atoms with E-state index in [0.717, 1.165) is 5.56 Å². The van der Waals surface area contributed by atoms with Gasteiger partial charge in [-0.25, -0.2) is 9.78 Å². The number of H-pyrrole nitrogens is 1. The van der Waals surface area contributed by atoms with E-state index in [4.69, 9.17) is 4.42 Å². The van der Waals surface area contributed by atoms with Gasteiger partial charge in [-0.15, -0.1) is 0 Å². The first-order valence-corrected chi connectivity index (χ1v) is 6.09. The molecule has 20 heavy (non-hydrogen) atoms. The van der Waals surface area contributed by atoms with Gasteiger partial charge in [0.15, 0.2) is 11.3 Å². The lowest BCUT2D eigenvalue weighted by Crippen LogP contribution is -2.06. The minimum absolute atomic E-state index is 0.0650. The maximum absolute atomic E-state index is 11.8. The highest BCUT2D eigenvalue weighted by molar-refractivity contribution is 5.77. The molecule has 0 saturated carbocycles. The quantitative estimate of drug-likeness (QED) is 0.700. The van der Waals surface area contributed by atoms with Crippen LogP contribution in [-0.2, 0) is 0 Å². The first-order chi connectivity index (χ1) is 9.63. The number of aromatic amines is 1. The van der Waals surface area contributed by atoms with Gasteiger partial charge in [0.05, 0.1) is 5.69 Å². The third-order valence-electron chi connectivity index (χ3n) is 2.91. The van der Waals surface area contributed by atoms with Crippen molar-refractivity contribution in [3.05, 3.63) is 63.9 Å². The normalized spacial score (nSPS) is 11.9. The molecular formula is C15H12N2O3. The Balaban J connectivity index is 2.14. The number of benzene rings is 1. The summed E-state index contributed by atoms with van der Waals surface area (Å²) in [5.41, 5.74) is 2.01. The van der Waals surface area contributed by atoms with Crippen molar-refractivity contribution in [2.75, 3.05) is 0 Å². The molecule has 2 N–H and O–H groups in total. The lowest BCUT2D eigenvalue weighted by Gasteiger charge is -2.00. The van der Waals surface area contributed by atoms with Crippen molar-refractivity contribution in [3.63, 3.8) is 0 Å². The van der Waals surface area contributed by atoms with E-state index in [1.54, 1.807) is 24.4 Å². The number of fused-ring (bicyclic) bond motifs is 1. The average molecular weight is 268 g/mol. The Morgan fingerprint density at radius 2 is 2.25 bits per heavy atom. The molecule has 0 fully saturated rings. The lowest BCUT2D eigenvalue weighted by atomic mass is 10.2. The van der Waals surface area contributed by atoms with Gasteiger partial charge in [-0.1, -0.05) is 6.07 Å². The molecule has 0 atom stereocenters. The average Bonchev–Trinajstić information content (AvgIpc) is 2.94. The van der Waals surface area contributed by atoms with Crippen LogP contribution in [0.25, 0.3) is 22.9 Å². The van der Waals surface area contributed by atoms with Crippen LogP contribution in [0.3, 0.4) is 0 Å². The molecular weight excluding hydrogens is 256 g/mol. The molecule has 3 aromatic rings. The highest BCUT2D eigenvalue weighted by Crippen LogP contribution is 2.15. The summed E-state index contributed by atoms with van der Waals surface area (Å²) in [7, 11) is 0. The fraction of sp³-hybridized carbons (Fsp3) is 0.0667. The van der Waals surface area contributed by atoms with Crippen molar-refractivity contribution < 1.29 is 9.52 Å². The molecule has 5 heteroatoms. The topological polar surface area (TPSA) is 79.1 Å². The molecule has 0 unspecified atom stereocenters. The summed E-state index contributed by atoms with van der Waals surface area (Å²) in [4.78, 5) is 18.9. The molecule has 3 rings (SSSR count). The number of hydrogen-bond donors (Lipinski definition) is 2.